The van der Waals surface area contributed by atoms with Gasteiger partial charge in [0.15, 0.2) is 5.69 Å². The quantitative estimate of drug-likeness (QED) is 0.0863. The molecule has 0 heterocycles. The van der Waals surface area contributed by atoms with Crippen molar-refractivity contribution in [3.8, 4) is 40.5 Å². The van der Waals surface area contributed by atoms with Crippen LogP contribution in [-0.2, 0) is 0 Å². The van der Waals surface area contributed by atoms with Crippen LogP contribution in [-0.4, -0.2) is 0 Å². The van der Waals surface area contributed by atoms with Gasteiger partial charge in [0.25, 0.3) is 0 Å². The molecular weight excluding hydrogens is 833 g/mol. The molecule has 10 heteroatoms. The van der Waals surface area contributed by atoms with Crippen molar-refractivity contribution in [1.82, 2.24) is 0 Å². The van der Waals surface area contributed by atoms with E-state index in [1.165, 1.54) is 12.1 Å². The number of nitriles is 3. The van der Waals surface area contributed by atoms with E-state index >= 15 is 17.6 Å². The average molecular weight is 861 g/mol. The number of rotatable bonds is 8. The molecule has 0 spiro atoms. The van der Waals surface area contributed by atoms with E-state index in [1.807, 2.05) is 48.5 Å². The predicted octanol–water partition coefficient (Wildman–Crippen LogP) is 15.6. The largest absolute Gasteiger partial charge is 0.307 e. The zero-order valence-corrected chi connectivity index (χ0v) is 34.4. The van der Waals surface area contributed by atoms with E-state index in [9.17, 15) is 15.8 Å². The molecule has 10 rings (SSSR count). The van der Waals surface area contributed by atoms with Crippen molar-refractivity contribution in [1.29, 1.82) is 15.8 Å². The molecular formula is C56H28F4N6. The van der Waals surface area contributed by atoms with Crippen molar-refractivity contribution < 1.29 is 17.6 Å². The maximum absolute atomic E-state index is 16.6. The molecule has 66 heavy (non-hydrogen) atoms. The molecule has 0 unspecified atom stereocenters. The Morgan fingerprint density at radius 1 is 0.409 bits per heavy atom. The summed E-state index contributed by atoms with van der Waals surface area (Å²) in [4.78, 5) is 6.85. The van der Waals surface area contributed by atoms with E-state index in [4.69, 9.17) is 6.57 Å². The van der Waals surface area contributed by atoms with Gasteiger partial charge in [0.1, 0.15) is 23.3 Å². The Kier molecular flexibility index (Phi) is 10.0. The van der Waals surface area contributed by atoms with Gasteiger partial charge in [-0.15, -0.1) is 0 Å². The lowest BCUT2D eigenvalue weighted by molar-refractivity contribution is 0.586. The van der Waals surface area contributed by atoms with Crippen molar-refractivity contribution in [2.45, 2.75) is 0 Å². The summed E-state index contributed by atoms with van der Waals surface area (Å²) in [5, 5.41) is 34.1. The van der Waals surface area contributed by atoms with Gasteiger partial charge >= 0.3 is 0 Å². The fourth-order valence-electron chi connectivity index (χ4n) is 8.80. The summed E-state index contributed by atoms with van der Waals surface area (Å²) in [6.07, 6.45) is 0. The highest BCUT2D eigenvalue weighted by Crippen LogP contribution is 2.49. The monoisotopic (exact) mass is 860 g/mol. The maximum Gasteiger partial charge on any atom is 0.187 e. The zero-order chi connectivity index (χ0) is 45.6. The van der Waals surface area contributed by atoms with Gasteiger partial charge in [-0.2, -0.15) is 15.8 Å². The van der Waals surface area contributed by atoms with Gasteiger partial charge in [-0.05, 0) is 94.3 Å². The molecule has 0 saturated heterocycles. The van der Waals surface area contributed by atoms with Crippen molar-refractivity contribution >= 4 is 72.1 Å². The molecule has 0 N–H and O–H groups in total. The molecule has 0 bridgehead atoms. The second-order valence-corrected chi connectivity index (χ2v) is 15.4. The van der Waals surface area contributed by atoms with E-state index in [0.29, 0.717) is 44.8 Å². The summed E-state index contributed by atoms with van der Waals surface area (Å²) in [5.41, 5.74) is 3.66. The smallest absolute Gasteiger partial charge is 0.187 e. The van der Waals surface area contributed by atoms with Gasteiger partial charge in [0, 0.05) is 56.5 Å². The Morgan fingerprint density at radius 3 is 1.26 bits per heavy atom. The number of anilines is 6. The van der Waals surface area contributed by atoms with Crippen LogP contribution < -0.4 is 9.80 Å². The normalized spacial score (nSPS) is 11.0. The molecule has 310 valence electrons. The Morgan fingerprint density at radius 2 is 0.833 bits per heavy atom. The summed E-state index contributed by atoms with van der Waals surface area (Å²) in [6.45, 7) is 7.58. The van der Waals surface area contributed by atoms with E-state index in [1.54, 1.807) is 107 Å². The van der Waals surface area contributed by atoms with Crippen LogP contribution in [0.5, 0.6) is 0 Å². The van der Waals surface area contributed by atoms with Crippen LogP contribution in [0.2, 0.25) is 0 Å². The lowest BCUT2D eigenvalue weighted by atomic mass is 9.91. The highest BCUT2D eigenvalue weighted by atomic mass is 19.1. The SMILES string of the molecule is [C-]#[N+]c1ccc(N(c2cc(-c3ccccc3C#N)c(F)cc2F)c2ccc3ccc4c(N(c5ccc(C#N)cc5)c5cc(-c6ccccc6C#N)c(F)cc5F)ccc5ccc2c3c54)cc1. The predicted molar refractivity (Wildman–Crippen MR) is 251 cm³/mol. The summed E-state index contributed by atoms with van der Waals surface area (Å²) in [5.74, 6) is -3.45. The van der Waals surface area contributed by atoms with Crippen LogP contribution in [0, 0.1) is 63.8 Å². The fraction of sp³-hybridized carbons (Fsp3) is 0. The van der Waals surface area contributed by atoms with Crippen molar-refractivity contribution in [3.63, 3.8) is 0 Å². The molecule has 0 saturated carbocycles. The van der Waals surface area contributed by atoms with E-state index in [0.717, 1.165) is 33.7 Å². The lowest BCUT2D eigenvalue weighted by Gasteiger charge is -2.30. The van der Waals surface area contributed by atoms with Crippen LogP contribution in [0.15, 0.2) is 170 Å². The lowest BCUT2D eigenvalue weighted by Crippen LogP contribution is -2.14. The zero-order valence-electron chi connectivity index (χ0n) is 34.4. The fourth-order valence-corrected chi connectivity index (χ4v) is 8.80. The first kappa shape index (κ1) is 40.6. The van der Waals surface area contributed by atoms with Crippen molar-refractivity contribution in [3.05, 3.63) is 221 Å². The van der Waals surface area contributed by atoms with E-state index < -0.39 is 23.3 Å². The Balaban J connectivity index is 1.24. The summed E-state index contributed by atoms with van der Waals surface area (Å²) < 4.78 is 64.7. The number of hydrogen-bond acceptors (Lipinski definition) is 5. The average Bonchev–Trinajstić information content (AvgIpc) is 3.35. The van der Waals surface area contributed by atoms with E-state index in [-0.39, 0.29) is 44.8 Å². The number of nitrogens with zero attached hydrogens (tertiary/aromatic N) is 6. The van der Waals surface area contributed by atoms with Gasteiger partial charge < -0.3 is 9.80 Å². The first-order valence-corrected chi connectivity index (χ1v) is 20.5. The van der Waals surface area contributed by atoms with Crippen LogP contribution in [0.4, 0.5) is 57.4 Å². The molecule has 0 atom stereocenters. The molecule has 6 nitrogen and oxygen atoms in total. The van der Waals surface area contributed by atoms with Gasteiger partial charge in [-0.3, -0.25) is 0 Å². The second kappa shape index (κ2) is 16.3. The molecule has 0 radical (unpaired) electrons. The molecule has 0 aliphatic rings. The third-order valence-electron chi connectivity index (χ3n) is 11.8. The van der Waals surface area contributed by atoms with Crippen LogP contribution in [0.3, 0.4) is 0 Å². The highest BCUT2D eigenvalue weighted by Gasteiger charge is 2.27. The summed E-state index contributed by atoms with van der Waals surface area (Å²) in [6, 6.07) is 52.0. The molecule has 0 amide bonds. The summed E-state index contributed by atoms with van der Waals surface area (Å²) in [7, 11) is 0. The molecule has 10 aromatic carbocycles. The topological polar surface area (TPSA) is 82.2 Å². The van der Waals surface area contributed by atoms with Crippen molar-refractivity contribution in [2.24, 2.45) is 0 Å². The number of hydrogen-bond donors (Lipinski definition) is 0. The second-order valence-electron chi connectivity index (χ2n) is 15.4. The first-order chi connectivity index (χ1) is 32.2. The standard InChI is InChI=1S/C56H28F4N6/c1-64-38-16-20-40(21-17-38)66(54-27-46(48(58)29-50(54)60)42-9-5-3-7-37(42)32-63)52-25-15-35-12-22-43-51(24-14-34-13-23-44(52)56(35)55(34)43)65(39-18-10-33(30-61)11-19-39)53-26-45(47(57)28-49(53)59)41-8-4-2-6-36(41)31-62/h2-29H. The minimum absolute atomic E-state index is 0.0152. The Hall–Kier alpha value is -9.48. The van der Waals surface area contributed by atoms with Gasteiger partial charge in [0.05, 0.1) is 64.2 Å². The minimum atomic E-state index is -0.874. The molecule has 0 aromatic heterocycles. The molecule has 10 aromatic rings. The van der Waals surface area contributed by atoms with Crippen molar-refractivity contribution in [2.75, 3.05) is 9.80 Å². The van der Waals surface area contributed by atoms with Crippen LogP contribution in [0.1, 0.15) is 16.7 Å². The molecule has 0 aliphatic carbocycles. The number of halogens is 4. The first-order valence-electron chi connectivity index (χ1n) is 20.5. The van der Waals surface area contributed by atoms with Gasteiger partial charge in [-0.25, -0.2) is 22.4 Å². The third kappa shape index (κ3) is 6.71. The molecule has 0 aliphatic heterocycles. The van der Waals surface area contributed by atoms with E-state index in [2.05, 4.69) is 23.1 Å². The maximum atomic E-state index is 16.6. The summed E-state index contributed by atoms with van der Waals surface area (Å²) >= 11 is 0. The minimum Gasteiger partial charge on any atom is -0.307 e. The third-order valence-corrected chi connectivity index (χ3v) is 11.8. The van der Waals surface area contributed by atoms with Crippen LogP contribution in [0.25, 0.3) is 59.4 Å². The van der Waals surface area contributed by atoms with Gasteiger partial charge in [-0.1, -0.05) is 84.9 Å². The molecule has 0 fully saturated rings. The van der Waals surface area contributed by atoms with Gasteiger partial charge in [0.2, 0.25) is 0 Å². The number of benzene rings is 10. The Labute approximate surface area is 375 Å². The Bertz CT molecular complexity index is 3520. The van der Waals surface area contributed by atoms with Crippen LogP contribution >= 0.6 is 0 Å². The highest BCUT2D eigenvalue weighted by molar-refractivity contribution is 6.28.